The molecule has 0 spiro atoms. The summed E-state index contributed by atoms with van der Waals surface area (Å²) in [6.45, 7) is 2.35. The maximum absolute atomic E-state index is 5.54. The van der Waals surface area contributed by atoms with Gasteiger partial charge in [0.25, 0.3) is 0 Å². The Morgan fingerprint density at radius 1 is 1.16 bits per heavy atom. The van der Waals surface area contributed by atoms with E-state index in [-0.39, 0.29) is 24.0 Å². The fraction of sp³-hybridized carbons (Fsp3) is 0.438. The summed E-state index contributed by atoms with van der Waals surface area (Å²) in [6.07, 6.45) is 1.53. The van der Waals surface area contributed by atoms with E-state index in [1.165, 1.54) is 6.33 Å². The van der Waals surface area contributed by atoms with Crippen molar-refractivity contribution in [2.75, 3.05) is 27.4 Å². The van der Waals surface area contributed by atoms with Crippen molar-refractivity contribution in [3.05, 3.63) is 42.0 Å². The number of hydrogen-bond acceptors (Lipinski definition) is 5. The van der Waals surface area contributed by atoms with Crippen LogP contribution in [0.3, 0.4) is 0 Å². The van der Waals surface area contributed by atoms with E-state index in [2.05, 4.69) is 25.7 Å². The first-order valence-electron chi connectivity index (χ1n) is 7.71. The third kappa shape index (κ3) is 7.26. The fourth-order valence-corrected chi connectivity index (χ4v) is 2.00. The van der Waals surface area contributed by atoms with Gasteiger partial charge in [0.05, 0.1) is 13.2 Å². The molecule has 0 bridgehead atoms. The van der Waals surface area contributed by atoms with Gasteiger partial charge >= 0.3 is 0 Å². The zero-order valence-electron chi connectivity index (χ0n) is 14.7. The van der Waals surface area contributed by atoms with E-state index in [1.54, 1.807) is 18.8 Å². The minimum Gasteiger partial charge on any atom is -0.491 e. The van der Waals surface area contributed by atoms with E-state index in [9.17, 15) is 0 Å². The standard InChI is InChI=1S/C16H24N6O2.HI/c1-17-16(19-11-15-20-12-21-22(15)2)18-10-13-4-6-14(7-5-13)24-9-8-23-3;/h4-7,12H,8-11H2,1-3H3,(H2,17,18,19);1H. The van der Waals surface area contributed by atoms with Crippen molar-refractivity contribution < 1.29 is 9.47 Å². The summed E-state index contributed by atoms with van der Waals surface area (Å²) in [5, 5.41) is 10.5. The SMILES string of the molecule is CN=C(NCc1ccc(OCCOC)cc1)NCc1ncnn1C.I. The maximum Gasteiger partial charge on any atom is 0.191 e. The lowest BCUT2D eigenvalue weighted by Gasteiger charge is -2.12. The minimum absolute atomic E-state index is 0. The summed E-state index contributed by atoms with van der Waals surface area (Å²) >= 11 is 0. The average Bonchev–Trinajstić information content (AvgIpc) is 3.01. The van der Waals surface area contributed by atoms with Crippen molar-refractivity contribution in [1.29, 1.82) is 0 Å². The van der Waals surface area contributed by atoms with Crippen LogP contribution in [0.5, 0.6) is 5.75 Å². The number of aliphatic imine (C=N–C) groups is 1. The molecule has 0 saturated carbocycles. The second-order valence-electron chi connectivity index (χ2n) is 5.06. The molecule has 0 aliphatic rings. The largest absolute Gasteiger partial charge is 0.491 e. The van der Waals surface area contributed by atoms with Gasteiger partial charge in [-0.2, -0.15) is 5.10 Å². The smallest absolute Gasteiger partial charge is 0.191 e. The summed E-state index contributed by atoms with van der Waals surface area (Å²) in [5.74, 6) is 2.38. The molecular formula is C16H25IN6O2. The van der Waals surface area contributed by atoms with Crippen LogP contribution < -0.4 is 15.4 Å². The van der Waals surface area contributed by atoms with Gasteiger partial charge in [-0.1, -0.05) is 12.1 Å². The number of ether oxygens (including phenoxy) is 2. The Morgan fingerprint density at radius 3 is 2.48 bits per heavy atom. The van der Waals surface area contributed by atoms with E-state index in [4.69, 9.17) is 9.47 Å². The second-order valence-corrected chi connectivity index (χ2v) is 5.06. The average molecular weight is 460 g/mol. The van der Waals surface area contributed by atoms with Gasteiger partial charge < -0.3 is 20.1 Å². The molecule has 9 heteroatoms. The highest BCUT2D eigenvalue weighted by molar-refractivity contribution is 14.0. The lowest BCUT2D eigenvalue weighted by atomic mass is 10.2. The number of aromatic nitrogens is 3. The van der Waals surface area contributed by atoms with Crippen molar-refractivity contribution in [2.45, 2.75) is 13.1 Å². The Labute approximate surface area is 165 Å². The highest BCUT2D eigenvalue weighted by atomic mass is 127. The van der Waals surface area contributed by atoms with Crippen LogP contribution in [0.4, 0.5) is 0 Å². The molecule has 0 unspecified atom stereocenters. The van der Waals surface area contributed by atoms with E-state index < -0.39 is 0 Å². The number of hydrogen-bond donors (Lipinski definition) is 2. The molecule has 2 rings (SSSR count). The second kappa shape index (κ2) is 11.6. The van der Waals surface area contributed by atoms with E-state index in [0.29, 0.717) is 32.3 Å². The quantitative estimate of drug-likeness (QED) is 0.268. The van der Waals surface area contributed by atoms with Gasteiger partial charge in [-0.3, -0.25) is 9.67 Å². The number of nitrogens with one attached hydrogen (secondary N) is 2. The first-order valence-corrected chi connectivity index (χ1v) is 7.71. The van der Waals surface area contributed by atoms with Crippen molar-refractivity contribution in [2.24, 2.45) is 12.0 Å². The molecule has 0 radical (unpaired) electrons. The minimum atomic E-state index is 0. The van der Waals surface area contributed by atoms with Crippen LogP contribution in [0.15, 0.2) is 35.6 Å². The Morgan fingerprint density at radius 2 is 1.88 bits per heavy atom. The van der Waals surface area contributed by atoms with Gasteiger partial charge in [-0.15, -0.1) is 24.0 Å². The molecule has 8 nitrogen and oxygen atoms in total. The summed E-state index contributed by atoms with van der Waals surface area (Å²) in [6, 6.07) is 7.93. The van der Waals surface area contributed by atoms with Crippen molar-refractivity contribution in [1.82, 2.24) is 25.4 Å². The summed E-state index contributed by atoms with van der Waals surface area (Å²) in [4.78, 5) is 8.36. The molecule has 1 aromatic heterocycles. The molecule has 1 heterocycles. The number of halogens is 1. The maximum atomic E-state index is 5.54. The van der Waals surface area contributed by atoms with Gasteiger partial charge in [0.1, 0.15) is 24.5 Å². The molecule has 25 heavy (non-hydrogen) atoms. The van der Waals surface area contributed by atoms with Gasteiger partial charge in [0, 0.05) is 27.7 Å². The topological polar surface area (TPSA) is 85.6 Å². The predicted octanol–water partition coefficient (Wildman–Crippen LogP) is 1.32. The summed E-state index contributed by atoms with van der Waals surface area (Å²) < 4.78 is 12.2. The molecule has 0 atom stereocenters. The lowest BCUT2D eigenvalue weighted by Crippen LogP contribution is -2.36. The summed E-state index contributed by atoms with van der Waals surface area (Å²) in [7, 11) is 5.25. The first-order chi connectivity index (χ1) is 11.7. The molecule has 1 aromatic carbocycles. The van der Waals surface area contributed by atoms with Crippen LogP contribution in [-0.4, -0.2) is 48.1 Å². The van der Waals surface area contributed by atoms with Crippen molar-refractivity contribution >= 4 is 29.9 Å². The molecule has 0 aliphatic carbocycles. The normalized spacial score (nSPS) is 10.9. The lowest BCUT2D eigenvalue weighted by molar-refractivity contribution is 0.146. The predicted molar refractivity (Wildman–Crippen MR) is 107 cm³/mol. The van der Waals surface area contributed by atoms with Gasteiger partial charge in [0.2, 0.25) is 0 Å². The van der Waals surface area contributed by atoms with Crippen LogP contribution in [0, 0.1) is 0 Å². The Bertz CT molecular complexity index is 644. The Kier molecular flexibility index (Phi) is 9.85. The number of benzene rings is 1. The molecule has 0 amide bonds. The monoisotopic (exact) mass is 460 g/mol. The number of guanidine groups is 1. The zero-order valence-corrected chi connectivity index (χ0v) is 17.1. The molecule has 0 aliphatic heterocycles. The van der Waals surface area contributed by atoms with Gasteiger partial charge in [-0.25, -0.2) is 4.98 Å². The van der Waals surface area contributed by atoms with Crippen LogP contribution in [0.2, 0.25) is 0 Å². The number of methoxy groups -OCH3 is 1. The first kappa shape index (κ1) is 21.2. The van der Waals surface area contributed by atoms with E-state index >= 15 is 0 Å². The van der Waals surface area contributed by atoms with Crippen LogP contribution in [0.25, 0.3) is 0 Å². The highest BCUT2D eigenvalue weighted by Gasteiger charge is 2.03. The zero-order chi connectivity index (χ0) is 17.2. The molecule has 2 N–H and O–H groups in total. The third-order valence-electron chi connectivity index (χ3n) is 3.38. The Hall–Kier alpha value is -1.88. The van der Waals surface area contributed by atoms with Crippen LogP contribution >= 0.6 is 24.0 Å². The third-order valence-corrected chi connectivity index (χ3v) is 3.38. The summed E-state index contributed by atoms with van der Waals surface area (Å²) in [5.41, 5.74) is 1.13. The van der Waals surface area contributed by atoms with E-state index in [0.717, 1.165) is 17.1 Å². The molecule has 138 valence electrons. The number of aryl methyl sites for hydroxylation is 1. The van der Waals surface area contributed by atoms with Crippen LogP contribution in [-0.2, 0) is 24.9 Å². The Balaban J connectivity index is 0.00000312. The molecule has 2 aromatic rings. The fourth-order valence-electron chi connectivity index (χ4n) is 2.00. The van der Waals surface area contributed by atoms with Crippen molar-refractivity contribution in [3.63, 3.8) is 0 Å². The van der Waals surface area contributed by atoms with E-state index in [1.807, 2.05) is 31.3 Å². The van der Waals surface area contributed by atoms with Crippen LogP contribution in [0.1, 0.15) is 11.4 Å². The number of nitrogens with zero attached hydrogens (tertiary/aromatic N) is 4. The van der Waals surface area contributed by atoms with Gasteiger partial charge in [-0.05, 0) is 17.7 Å². The highest BCUT2D eigenvalue weighted by Crippen LogP contribution is 2.11. The van der Waals surface area contributed by atoms with Crippen molar-refractivity contribution in [3.8, 4) is 5.75 Å². The molecular weight excluding hydrogens is 435 g/mol. The number of rotatable bonds is 8. The molecule has 0 saturated heterocycles. The molecule has 0 fully saturated rings. The van der Waals surface area contributed by atoms with Gasteiger partial charge in [0.15, 0.2) is 5.96 Å².